The first kappa shape index (κ1) is 14.5. The van der Waals surface area contributed by atoms with E-state index in [2.05, 4.69) is 0 Å². The molecule has 0 aliphatic heterocycles. The van der Waals surface area contributed by atoms with E-state index in [4.69, 9.17) is 16.3 Å². The summed E-state index contributed by atoms with van der Waals surface area (Å²) in [5.41, 5.74) is 0.513. The van der Waals surface area contributed by atoms with Crippen LogP contribution in [0, 0.1) is 0 Å². The molecule has 0 spiro atoms. The second kappa shape index (κ2) is 5.87. The maximum atomic E-state index is 11.6. The third-order valence-electron chi connectivity index (χ3n) is 2.43. The first-order chi connectivity index (χ1) is 8.32. The third-order valence-corrected chi connectivity index (χ3v) is 2.73. The highest BCUT2D eigenvalue weighted by Gasteiger charge is 2.18. The molecule has 0 N–H and O–H groups in total. The number of Topliss-reactive ketones (excluding diaryl/α,β-unsaturated/α-hetero) is 1. The van der Waals surface area contributed by atoms with E-state index >= 15 is 0 Å². The molecule has 0 aliphatic carbocycles. The van der Waals surface area contributed by atoms with Crippen molar-refractivity contribution >= 4 is 23.3 Å². The molecule has 0 aliphatic rings. The highest BCUT2D eigenvalue weighted by atomic mass is 35.5. The van der Waals surface area contributed by atoms with Crippen LogP contribution in [0.2, 0.25) is 5.02 Å². The predicted molar refractivity (Wildman–Crippen MR) is 70.2 cm³/mol. The lowest BCUT2D eigenvalue weighted by atomic mass is 10.1. The van der Waals surface area contributed by atoms with Crippen LogP contribution >= 0.6 is 11.6 Å². The fourth-order valence-electron chi connectivity index (χ4n) is 1.42. The maximum Gasteiger partial charge on any atom is 0.262 e. The first-order valence-corrected chi connectivity index (χ1v) is 5.89. The van der Waals surface area contributed by atoms with Gasteiger partial charge in [-0.3, -0.25) is 9.59 Å². The summed E-state index contributed by atoms with van der Waals surface area (Å²) in [6.45, 7) is 3.11. The monoisotopic (exact) mass is 269 g/mol. The second-order valence-electron chi connectivity index (χ2n) is 4.19. The van der Waals surface area contributed by atoms with E-state index in [0.717, 1.165) is 0 Å². The summed E-state index contributed by atoms with van der Waals surface area (Å²) in [5.74, 6) is 0.173. The van der Waals surface area contributed by atoms with Crippen LogP contribution in [0.3, 0.4) is 0 Å². The van der Waals surface area contributed by atoms with Gasteiger partial charge in [-0.05, 0) is 32.0 Å². The summed E-state index contributed by atoms with van der Waals surface area (Å²) in [7, 11) is 3.31. The van der Waals surface area contributed by atoms with Gasteiger partial charge in [-0.25, -0.2) is 0 Å². The van der Waals surface area contributed by atoms with Gasteiger partial charge in [0.2, 0.25) is 0 Å². The number of carbonyl (C=O) groups is 2. The standard InChI is InChI=1S/C13H16ClNO3/c1-8(16)10-5-6-12(11(14)7-10)18-9(2)13(17)15(3)4/h5-7,9H,1-4H3. The number of rotatable bonds is 4. The number of likely N-dealkylation sites (N-methyl/N-ethyl adjacent to an activating group) is 1. The molecule has 0 heterocycles. The molecule has 1 aromatic carbocycles. The fourth-order valence-corrected chi connectivity index (χ4v) is 1.64. The largest absolute Gasteiger partial charge is 0.479 e. The lowest BCUT2D eigenvalue weighted by Crippen LogP contribution is -2.35. The van der Waals surface area contributed by atoms with Gasteiger partial charge in [0.25, 0.3) is 5.91 Å². The molecule has 4 nitrogen and oxygen atoms in total. The fraction of sp³-hybridized carbons (Fsp3) is 0.385. The van der Waals surface area contributed by atoms with Crippen molar-refractivity contribution < 1.29 is 14.3 Å². The van der Waals surface area contributed by atoms with Gasteiger partial charge in [-0.1, -0.05) is 11.6 Å². The smallest absolute Gasteiger partial charge is 0.262 e. The summed E-state index contributed by atoms with van der Waals surface area (Å²) in [5, 5.41) is 0.320. The van der Waals surface area contributed by atoms with Crippen molar-refractivity contribution in [3.8, 4) is 5.75 Å². The zero-order chi connectivity index (χ0) is 13.9. The zero-order valence-corrected chi connectivity index (χ0v) is 11.6. The quantitative estimate of drug-likeness (QED) is 0.789. The Morgan fingerprint density at radius 2 is 1.94 bits per heavy atom. The van der Waals surface area contributed by atoms with Gasteiger partial charge in [0.1, 0.15) is 5.75 Å². The minimum Gasteiger partial charge on any atom is -0.479 e. The van der Waals surface area contributed by atoms with Crippen molar-refractivity contribution in [1.82, 2.24) is 4.90 Å². The molecule has 0 aromatic heterocycles. The van der Waals surface area contributed by atoms with E-state index in [-0.39, 0.29) is 11.7 Å². The summed E-state index contributed by atoms with van der Waals surface area (Å²) in [6.07, 6.45) is -0.624. The van der Waals surface area contributed by atoms with Gasteiger partial charge in [0.05, 0.1) is 5.02 Å². The van der Waals surface area contributed by atoms with E-state index in [1.54, 1.807) is 33.2 Å². The SMILES string of the molecule is CC(=O)c1ccc(OC(C)C(=O)N(C)C)c(Cl)c1. The number of hydrogen-bond donors (Lipinski definition) is 0. The summed E-state index contributed by atoms with van der Waals surface area (Å²) >= 11 is 6.00. The number of hydrogen-bond acceptors (Lipinski definition) is 3. The van der Waals surface area contributed by atoms with Crippen LogP contribution in [0.4, 0.5) is 0 Å². The highest BCUT2D eigenvalue weighted by Crippen LogP contribution is 2.26. The van der Waals surface area contributed by atoms with E-state index in [1.807, 2.05) is 0 Å². The van der Waals surface area contributed by atoms with Crippen LogP contribution in [0.5, 0.6) is 5.75 Å². The average molecular weight is 270 g/mol. The Morgan fingerprint density at radius 3 is 2.39 bits per heavy atom. The summed E-state index contributed by atoms with van der Waals surface area (Å²) in [6, 6.07) is 4.75. The van der Waals surface area contributed by atoms with Crippen molar-refractivity contribution in [2.24, 2.45) is 0 Å². The van der Waals surface area contributed by atoms with E-state index in [9.17, 15) is 9.59 Å². The van der Waals surface area contributed by atoms with Gasteiger partial charge in [0, 0.05) is 19.7 Å². The molecule has 5 heteroatoms. The van der Waals surface area contributed by atoms with Gasteiger partial charge in [0.15, 0.2) is 11.9 Å². The Kier molecular flexibility index (Phi) is 4.73. The maximum absolute atomic E-state index is 11.6. The molecule has 98 valence electrons. The van der Waals surface area contributed by atoms with E-state index in [0.29, 0.717) is 16.3 Å². The van der Waals surface area contributed by atoms with Gasteiger partial charge < -0.3 is 9.64 Å². The molecule has 1 atom stereocenters. The summed E-state index contributed by atoms with van der Waals surface area (Å²) < 4.78 is 5.47. The van der Waals surface area contributed by atoms with E-state index < -0.39 is 6.10 Å². The molecule has 0 fully saturated rings. The lowest BCUT2D eigenvalue weighted by molar-refractivity contribution is -0.135. The highest BCUT2D eigenvalue weighted by molar-refractivity contribution is 6.32. The number of amides is 1. The van der Waals surface area contributed by atoms with Crippen LogP contribution in [-0.4, -0.2) is 36.8 Å². The number of halogens is 1. The van der Waals surface area contributed by atoms with Gasteiger partial charge in [-0.15, -0.1) is 0 Å². The topological polar surface area (TPSA) is 46.6 Å². The molecular weight excluding hydrogens is 254 g/mol. The Balaban J connectivity index is 2.86. The molecule has 0 saturated carbocycles. The molecule has 1 amide bonds. The molecule has 1 rings (SSSR count). The third kappa shape index (κ3) is 3.47. The zero-order valence-electron chi connectivity index (χ0n) is 10.9. The predicted octanol–water partition coefficient (Wildman–Crippen LogP) is 2.40. The molecule has 1 aromatic rings. The van der Waals surface area contributed by atoms with Crippen LogP contribution < -0.4 is 4.74 Å². The number of benzene rings is 1. The van der Waals surface area contributed by atoms with Crippen molar-refractivity contribution in [3.05, 3.63) is 28.8 Å². The number of nitrogens with zero attached hydrogens (tertiary/aromatic N) is 1. The number of ketones is 1. The summed E-state index contributed by atoms with van der Waals surface area (Å²) in [4.78, 5) is 24.3. The van der Waals surface area contributed by atoms with Crippen LogP contribution in [0.1, 0.15) is 24.2 Å². The first-order valence-electron chi connectivity index (χ1n) is 5.51. The Bertz CT molecular complexity index is 471. The van der Waals surface area contributed by atoms with Crippen molar-refractivity contribution in [3.63, 3.8) is 0 Å². The number of ether oxygens (including phenoxy) is 1. The molecule has 1 unspecified atom stereocenters. The minimum absolute atomic E-state index is 0.0686. The molecule has 0 bridgehead atoms. The Labute approximate surface area is 111 Å². The van der Waals surface area contributed by atoms with Crippen molar-refractivity contribution in [2.75, 3.05) is 14.1 Å². The van der Waals surface area contributed by atoms with Crippen LogP contribution in [-0.2, 0) is 4.79 Å². The molecule has 0 radical (unpaired) electrons. The average Bonchev–Trinajstić information content (AvgIpc) is 2.30. The Hall–Kier alpha value is -1.55. The van der Waals surface area contributed by atoms with E-state index in [1.165, 1.54) is 17.9 Å². The van der Waals surface area contributed by atoms with Crippen molar-refractivity contribution in [2.45, 2.75) is 20.0 Å². The lowest BCUT2D eigenvalue weighted by Gasteiger charge is -2.19. The second-order valence-corrected chi connectivity index (χ2v) is 4.60. The normalized spacial score (nSPS) is 11.8. The van der Waals surface area contributed by atoms with Crippen LogP contribution in [0.15, 0.2) is 18.2 Å². The number of carbonyl (C=O) groups excluding carboxylic acids is 2. The van der Waals surface area contributed by atoms with Gasteiger partial charge >= 0.3 is 0 Å². The molecule has 0 saturated heterocycles. The molecule has 18 heavy (non-hydrogen) atoms. The van der Waals surface area contributed by atoms with Gasteiger partial charge in [-0.2, -0.15) is 0 Å². The van der Waals surface area contributed by atoms with Crippen molar-refractivity contribution in [1.29, 1.82) is 0 Å². The van der Waals surface area contributed by atoms with Crippen LogP contribution in [0.25, 0.3) is 0 Å². The Morgan fingerprint density at radius 1 is 1.33 bits per heavy atom. The molecular formula is C13H16ClNO3. The minimum atomic E-state index is -0.624.